The van der Waals surface area contributed by atoms with Crippen molar-refractivity contribution in [1.29, 1.82) is 0 Å². The molecule has 7 nitrogen and oxygen atoms in total. The number of aromatic amines is 2. The number of nitrogens with zero attached hydrogens (tertiary/aromatic N) is 2. The number of anilines is 2. The van der Waals surface area contributed by atoms with Crippen LogP contribution in [0.3, 0.4) is 0 Å². The summed E-state index contributed by atoms with van der Waals surface area (Å²) >= 11 is 0. The maximum atomic E-state index is 11.2. The summed E-state index contributed by atoms with van der Waals surface area (Å²) in [7, 11) is 0. The van der Waals surface area contributed by atoms with Crippen molar-refractivity contribution in [2.45, 2.75) is 6.54 Å². The van der Waals surface area contributed by atoms with Crippen LogP contribution in [0.5, 0.6) is 0 Å². The van der Waals surface area contributed by atoms with Gasteiger partial charge in [-0.3, -0.25) is 9.89 Å². The molecule has 0 amide bonds. The molecule has 15 heavy (non-hydrogen) atoms. The van der Waals surface area contributed by atoms with Crippen molar-refractivity contribution in [2.75, 3.05) is 11.1 Å². The molecule has 0 aliphatic rings. The summed E-state index contributed by atoms with van der Waals surface area (Å²) in [4.78, 5) is 17.6. The third-order valence-electron chi connectivity index (χ3n) is 1.91. The second-order valence-electron chi connectivity index (χ2n) is 2.93. The van der Waals surface area contributed by atoms with E-state index in [-0.39, 0.29) is 11.4 Å². The van der Waals surface area contributed by atoms with Crippen LogP contribution >= 0.6 is 0 Å². The number of hydrogen-bond acceptors (Lipinski definition) is 5. The van der Waals surface area contributed by atoms with Crippen molar-refractivity contribution >= 4 is 11.6 Å². The van der Waals surface area contributed by atoms with E-state index in [9.17, 15) is 4.79 Å². The van der Waals surface area contributed by atoms with Crippen molar-refractivity contribution in [1.82, 2.24) is 20.2 Å². The van der Waals surface area contributed by atoms with Crippen LogP contribution in [-0.4, -0.2) is 20.2 Å². The zero-order chi connectivity index (χ0) is 10.7. The van der Waals surface area contributed by atoms with E-state index in [1.807, 2.05) is 0 Å². The van der Waals surface area contributed by atoms with Crippen LogP contribution in [0, 0.1) is 0 Å². The lowest BCUT2D eigenvalue weighted by molar-refractivity contribution is 1.06. The summed E-state index contributed by atoms with van der Waals surface area (Å²) in [6, 6.07) is 0. The van der Waals surface area contributed by atoms with E-state index < -0.39 is 0 Å². The first-order valence-electron chi connectivity index (χ1n) is 4.32. The fourth-order valence-electron chi connectivity index (χ4n) is 1.12. The first kappa shape index (κ1) is 9.25. The molecule has 0 aromatic carbocycles. The van der Waals surface area contributed by atoms with Gasteiger partial charge in [-0.25, -0.2) is 4.98 Å². The quantitative estimate of drug-likeness (QED) is 0.550. The molecule has 2 rings (SSSR count). The van der Waals surface area contributed by atoms with Gasteiger partial charge in [-0.05, 0) is 0 Å². The Balaban J connectivity index is 2.09. The van der Waals surface area contributed by atoms with Gasteiger partial charge in [0.1, 0.15) is 5.82 Å². The van der Waals surface area contributed by atoms with Crippen LogP contribution in [0.2, 0.25) is 0 Å². The topological polar surface area (TPSA) is 112 Å². The van der Waals surface area contributed by atoms with Crippen molar-refractivity contribution in [3.8, 4) is 0 Å². The molecule has 78 valence electrons. The Morgan fingerprint density at radius 3 is 3.07 bits per heavy atom. The van der Waals surface area contributed by atoms with Crippen LogP contribution in [0.4, 0.5) is 11.6 Å². The van der Waals surface area contributed by atoms with Gasteiger partial charge in [-0.2, -0.15) is 5.10 Å². The van der Waals surface area contributed by atoms with Crippen molar-refractivity contribution in [3.05, 3.63) is 34.5 Å². The Kier molecular flexibility index (Phi) is 2.36. The maximum Gasteiger partial charge on any atom is 0.290 e. The zero-order valence-corrected chi connectivity index (χ0v) is 7.82. The van der Waals surface area contributed by atoms with E-state index in [0.717, 1.165) is 5.56 Å². The molecule has 5 N–H and O–H groups in total. The Morgan fingerprint density at radius 2 is 2.40 bits per heavy atom. The first-order chi connectivity index (χ1) is 7.27. The molecule has 0 bridgehead atoms. The van der Waals surface area contributed by atoms with Crippen molar-refractivity contribution in [2.24, 2.45) is 0 Å². The molecular formula is C8H10N6O. The summed E-state index contributed by atoms with van der Waals surface area (Å²) in [6.07, 6.45) is 4.57. The number of hydrogen-bond donors (Lipinski definition) is 4. The minimum Gasteiger partial charge on any atom is -0.384 e. The summed E-state index contributed by atoms with van der Waals surface area (Å²) in [5.74, 6) is 0.743. The van der Waals surface area contributed by atoms with Crippen LogP contribution in [0.1, 0.15) is 5.56 Å². The van der Waals surface area contributed by atoms with E-state index >= 15 is 0 Å². The van der Waals surface area contributed by atoms with Gasteiger partial charge < -0.3 is 16.0 Å². The number of nitrogens with one attached hydrogen (secondary N) is 3. The smallest absolute Gasteiger partial charge is 0.290 e. The van der Waals surface area contributed by atoms with Gasteiger partial charge in [0.25, 0.3) is 5.56 Å². The summed E-state index contributed by atoms with van der Waals surface area (Å²) in [6.45, 7) is 0.405. The van der Waals surface area contributed by atoms with Gasteiger partial charge in [0.15, 0.2) is 5.82 Å². The fourth-order valence-corrected chi connectivity index (χ4v) is 1.12. The predicted molar refractivity (Wildman–Crippen MR) is 55.2 cm³/mol. The van der Waals surface area contributed by atoms with E-state index in [1.165, 1.54) is 12.4 Å². The molecule has 2 heterocycles. The molecule has 0 unspecified atom stereocenters. The van der Waals surface area contributed by atoms with Crippen LogP contribution in [0.25, 0.3) is 0 Å². The molecule has 2 aromatic rings. The highest BCUT2D eigenvalue weighted by Gasteiger charge is 2.03. The lowest BCUT2D eigenvalue weighted by atomic mass is 10.3. The highest BCUT2D eigenvalue weighted by molar-refractivity contribution is 5.40. The average Bonchev–Trinajstić information content (AvgIpc) is 2.63. The largest absolute Gasteiger partial charge is 0.384 e. The van der Waals surface area contributed by atoms with Crippen LogP contribution < -0.4 is 16.6 Å². The van der Waals surface area contributed by atoms with Gasteiger partial charge in [-0.15, -0.1) is 0 Å². The molecule has 0 saturated carbocycles. The average molecular weight is 206 g/mol. The zero-order valence-electron chi connectivity index (χ0n) is 7.82. The number of aromatic nitrogens is 4. The van der Waals surface area contributed by atoms with Gasteiger partial charge in [-0.1, -0.05) is 0 Å². The van der Waals surface area contributed by atoms with E-state index in [1.54, 1.807) is 6.20 Å². The second-order valence-corrected chi connectivity index (χ2v) is 2.93. The summed E-state index contributed by atoms with van der Waals surface area (Å²) in [5.41, 5.74) is 6.11. The van der Waals surface area contributed by atoms with Crippen LogP contribution in [0.15, 0.2) is 23.4 Å². The molecule has 0 aliphatic heterocycles. The number of rotatable bonds is 3. The Labute approximate surface area is 84.7 Å². The minimum absolute atomic E-state index is 0.262. The van der Waals surface area contributed by atoms with E-state index in [4.69, 9.17) is 5.73 Å². The number of H-pyrrole nitrogens is 2. The lowest BCUT2D eigenvalue weighted by Gasteiger charge is -2.02. The van der Waals surface area contributed by atoms with Crippen molar-refractivity contribution < 1.29 is 0 Å². The van der Waals surface area contributed by atoms with E-state index in [2.05, 4.69) is 25.5 Å². The standard InChI is InChI=1S/C8H10N6O/c9-6-5(4-13-14-6)3-12-7-8(15)11-2-1-10-7/h1-2,4H,3H2,(H,10,12)(H,11,15)(H3,9,13,14). The molecule has 2 aromatic heterocycles. The molecular weight excluding hydrogens is 196 g/mol. The highest BCUT2D eigenvalue weighted by atomic mass is 16.1. The third-order valence-corrected chi connectivity index (χ3v) is 1.91. The highest BCUT2D eigenvalue weighted by Crippen LogP contribution is 2.06. The predicted octanol–water partition coefficient (Wildman–Crippen LogP) is -0.313. The normalized spacial score (nSPS) is 10.1. The molecule has 0 spiro atoms. The van der Waals surface area contributed by atoms with Gasteiger partial charge in [0.05, 0.1) is 6.20 Å². The molecule has 0 saturated heterocycles. The van der Waals surface area contributed by atoms with Crippen molar-refractivity contribution in [3.63, 3.8) is 0 Å². The Hall–Kier alpha value is -2.31. The molecule has 0 atom stereocenters. The molecule has 0 radical (unpaired) electrons. The molecule has 0 aliphatic carbocycles. The van der Waals surface area contributed by atoms with Gasteiger partial charge >= 0.3 is 0 Å². The van der Waals surface area contributed by atoms with E-state index in [0.29, 0.717) is 12.4 Å². The SMILES string of the molecule is Nc1[nH]ncc1CNc1ncc[nH]c1=O. The summed E-state index contributed by atoms with van der Waals surface area (Å²) < 4.78 is 0. The van der Waals surface area contributed by atoms with Gasteiger partial charge in [0, 0.05) is 24.5 Å². The fraction of sp³-hybridized carbons (Fsp3) is 0.125. The number of nitrogen functional groups attached to an aromatic ring is 1. The number of nitrogens with two attached hydrogens (primary N) is 1. The van der Waals surface area contributed by atoms with Gasteiger partial charge in [0.2, 0.25) is 0 Å². The second kappa shape index (κ2) is 3.82. The first-order valence-corrected chi connectivity index (χ1v) is 4.32. The molecule has 0 fully saturated rings. The third kappa shape index (κ3) is 1.96. The monoisotopic (exact) mass is 206 g/mol. The summed E-state index contributed by atoms with van der Waals surface area (Å²) in [5, 5.41) is 9.22. The Morgan fingerprint density at radius 1 is 1.53 bits per heavy atom. The Bertz CT molecular complexity index is 502. The molecule has 7 heteroatoms. The van der Waals surface area contributed by atoms with Crippen LogP contribution in [-0.2, 0) is 6.54 Å². The lowest BCUT2D eigenvalue weighted by Crippen LogP contribution is -2.15. The minimum atomic E-state index is -0.264. The maximum absolute atomic E-state index is 11.2.